The minimum atomic E-state index is -1.38. The van der Waals surface area contributed by atoms with E-state index >= 15 is 0 Å². The van der Waals surface area contributed by atoms with Gasteiger partial charge < -0.3 is 30.5 Å². The first-order valence-electron chi connectivity index (χ1n) is 16.6. The molecule has 0 radical (unpaired) electrons. The number of carboxylic acid groups (broad SMARTS) is 1. The maximum atomic E-state index is 13.2. The lowest BCUT2D eigenvalue weighted by Gasteiger charge is -2.30. The number of hydrogen-bond donors (Lipinski definition) is 5. The molecule has 268 valence electrons. The van der Waals surface area contributed by atoms with E-state index in [1.807, 2.05) is 66.0 Å². The number of alkyl carbamates (subject to hydrolysis) is 1. The topological polar surface area (TPSA) is 166 Å². The smallest absolute Gasteiger partial charge is 0.407 e. The molecule has 50 heavy (non-hydrogen) atoms. The molecular weight excluding hydrogens is 677 g/mol. The molecule has 2 heterocycles. The molecule has 5 N–H and O–H groups in total. The van der Waals surface area contributed by atoms with Crippen LogP contribution in [0.25, 0.3) is 0 Å². The van der Waals surface area contributed by atoms with E-state index in [1.54, 1.807) is 18.8 Å². The number of thiazole rings is 2. The Balaban J connectivity index is 1.44. The van der Waals surface area contributed by atoms with Gasteiger partial charge in [0, 0.05) is 36.6 Å². The molecule has 0 aliphatic heterocycles. The van der Waals surface area contributed by atoms with Crippen LogP contribution in [0, 0.1) is 0 Å². The molecular formula is C36H46N6O6S2. The Morgan fingerprint density at radius 3 is 2.14 bits per heavy atom. The van der Waals surface area contributed by atoms with Crippen molar-refractivity contribution in [3.05, 3.63) is 104 Å². The number of aliphatic hydroxyl groups is 1. The van der Waals surface area contributed by atoms with Crippen molar-refractivity contribution in [1.29, 1.82) is 0 Å². The predicted molar refractivity (Wildman–Crippen MR) is 194 cm³/mol. The average Bonchev–Trinajstić information content (AvgIpc) is 3.79. The van der Waals surface area contributed by atoms with E-state index < -0.39 is 36.8 Å². The monoisotopic (exact) mass is 722 g/mol. The van der Waals surface area contributed by atoms with Crippen molar-refractivity contribution in [2.45, 2.75) is 89.4 Å². The van der Waals surface area contributed by atoms with Crippen LogP contribution in [-0.2, 0) is 35.5 Å². The number of rotatable bonds is 19. The van der Waals surface area contributed by atoms with Crippen molar-refractivity contribution in [3.63, 3.8) is 0 Å². The van der Waals surface area contributed by atoms with Crippen molar-refractivity contribution >= 4 is 40.8 Å². The fourth-order valence-electron chi connectivity index (χ4n) is 5.36. The van der Waals surface area contributed by atoms with E-state index in [0.717, 1.165) is 26.7 Å². The zero-order valence-corrected chi connectivity index (χ0v) is 30.2. The molecule has 0 bridgehead atoms. The first-order chi connectivity index (χ1) is 24.0. The summed E-state index contributed by atoms with van der Waals surface area (Å²) >= 11 is 2.93. The van der Waals surface area contributed by atoms with Crippen LogP contribution in [0.1, 0.15) is 65.7 Å². The number of aliphatic carboxylic acids is 1. The summed E-state index contributed by atoms with van der Waals surface area (Å²) in [5.41, 5.74) is 4.47. The number of nitrogens with one attached hydrogen (secondary N) is 3. The van der Waals surface area contributed by atoms with Crippen LogP contribution in [0.15, 0.2) is 77.8 Å². The molecule has 2 aromatic carbocycles. The van der Waals surface area contributed by atoms with Gasteiger partial charge in [0.05, 0.1) is 40.1 Å². The number of aromatic nitrogens is 2. The van der Waals surface area contributed by atoms with Crippen LogP contribution in [0.4, 0.5) is 9.59 Å². The lowest BCUT2D eigenvalue weighted by Crippen LogP contribution is -2.56. The van der Waals surface area contributed by atoms with Crippen molar-refractivity contribution in [3.8, 4) is 0 Å². The molecule has 0 aliphatic rings. The van der Waals surface area contributed by atoms with Crippen molar-refractivity contribution < 1.29 is 29.3 Å². The van der Waals surface area contributed by atoms with Gasteiger partial charge in [-0.2, -0.15) is 0 Å². The lowest BCUT2D eigenvalue weighted by atomic mass is 9.95. The summed E-state index contributed by atoms with van der Waals surface area (Å²) in [4.78, 5) is 48.7. The summed E-state index contributed by atoms with van der Waals surface area (Å²) in [6.45, 7) is 4.45. The number of benzene rings is 2. The van der Waals surface area contributed by atoms with Crippen molar-refractivity contribution in [2.24, 2.45) is 0 Å². The highest BCUT2D eigenvalue weighted by Crippen LogP contribution is 2.20. The molecule has 0 saturated heterocycles. The Morgan fingerprint density at radius 2 is 1.56 bits per heavy atom. The standard InChI is InChI=1S/C36H46N6O6S2/c1-24(2)34-39-29(22-49-34)20-42(3)35(46)41-31(18-32(43)44)33(45)38-27(16-25-10-6-4-7-11-25)14-15-28(17-26-12-8-5-9-13-26)40-36(47)48-21-30-19-37-23-50-30/h4-13,19,22-24,27-28,31,33,38,45H,14-18,20-21H2,1-3H3,(H,40,47)(H,41,46)(H,43,44)/t27-,28-,31+,33?/m1/s1. The van der Waals surface area contributed by atoms with Gasteiger partial charge in [-0.1, -0.05) is 74.5 Å². The van der Waals surface area contributed by atoms with Gasteiger partial charge >= 0.3 is 18.1 Å². The maximum Gasteiger partial charge on any atom is 0.407 e. The predicted octanol–water partition coefficient (Wildman–Crippen LogP) is 5.54. The summed E-state index contributed by atoms with van der Waals surface area (Å²) < 4.78 is 5.46. The molecule has 3 amide bonds. The zero-order valence-electron chi connectivity index (χ0n) is 28.5. The first kappa shape index (κ1) is 38.4. The fraction of sp³-hybridized carbons (Fsp3) is 0.417. The number of aliphatic hydroxyl groups excluding tert-OH is 1. The Kier molecular flexibility index (Phi) is 15.2. The van der Waals surface area contributed by atoms with Crippen LogP contribution >= 0.6 is 22.7 Å². The van der Waals surface area contributed by atoms with Crippen LogP contribution in [-0.4, -0.2) is 74.6 Å². The van der Waals surface area contributed by atoms with Gasteiger partial charge in [-0.05, 0) is 36.8 Å². The summed E-state index contributed by atoms with van der Waals surface area (Å²) in [7, 11) is 1.60. The largest absolute Gasteiger partial charge is 0.481 e. The number of urea groups is 1. The summed E-state index contributed by atoms with van der Waals surface area (Å²) in [6, 6.07) is 17.3. The number of nitrogens with zero attached hydrogens (tertiary/aromatic N) is 3. The van der Waals surface area contributed by atoms with Gasteiger partial charge in [-0.15, -0.1) is 22.7 Å². The van der Waals surface area contributed by atoms with Crippen LogP contribution < -0.4 is 16.0 Å². The number of carbonyl (C=O) groups is 3. The molecule has 2 aromatic heterocycles. The summed E-state index contributed by atoms with van der Waals surface area (Å²) in [6.07, 6.45) is 1.34. The Labute approximate surface area is 300 Å². The summed E-state index contributed by atoms with van der Waals surface area (Å²) in [5, 5.41) is 32.8. The fourth-order valence-corrected chi connectivity index (χ4v) is 6.69. The van der Waals surface area contributed by atoms with Crippen LogP contribution in [0.2, 0.25) is 0 Å². The third kappa shape index (κ3) is 13.2. The van der Waals surface area contributed by atoms with Gasteiger partial charge in [0.15, 0.2) is 0 Å². The van der Waals surface area contributed by atoms with E-state index in [9.17, 15) is 24.6 Å². The minimum Gasteiger partial charge on any atom is -0.481 e. The van der Waals surface area contributed by atoms with Crippen molar-refractivity contribution in [1.82, 2.24) is 30.8 Å². The number of carbonyl (C=O) groups excluding carboxylic acids is 2. The highest BCUT2D eigenvalue weighted by atomic mass is 32.1. The van der Waals surface area contributed by atoms with Crippen LogP contribution in [0.5, 0.6) is 0 Å². The molecule has 4 aromatic rings. The number of hydrogen-bond acceptors (Lipinski definition) is 10. The molecule has 0 fully saturated rings. The Bertz CT molecular complexity index is 1610. The maximum absolute atomic E-state index is 13.2. The molecule has 0 aliphatic carbocycles. The SMILES string of the molecule is CC(C)c1nc(CN(C)C(=O)N[C@@H](CC(=O)O)C(O)N[C@H](CC[C@H](Cc2ccccc2)NC(=O)OCc2cncs2)Cc2ccccc2)cs1. The second kappa shape index (κ2) is 19.7. The third-order valence-corrected chi connectivity index (χ3v) is 9.91. The number of amides is 3. The van der Waals surface area contributed by atoms with Crippen LogP contribution in [0.3, 0.4) is 0 Å². The van der Waals surface area contributed by atoms with E-state index in [1.165, 1.54) is 27.6 Å². The van der Waals surface area contributed by atoms with E-state index in [0.29, 0.717) is 25.7 Å². The zero-order chi connectivity index (χ0) is 35.9. The van der Waals surface area contributed by atoms with Gasteiger partial charge in [-0.25, -0.2) is 14.6 Å². The summed E-state index contributed by atoms with van der Waals surface area (Å²) in [5.74, 6) is -0.895. The lowest BCUT2D eigenvalue weighted by molar-refractivity contribution is -0.138. The normalized spacial score (nSPS) is 13.6. The Morgan fingerprint density at radius 1 is 0.920 bits per heavy atom. The molecule has 0 saturated carbocycles. The highest BCUT2D eigenvalue weighted by molar-refractivity contribution is 7.09. The molecule has 4 rings (SSSR count). The first-order valence-corrected chi connectivity index (χ1v) is 18.3. The Hall–Kier alpha value is -4.37. The van der Waals surface area contributed by atoms with E-state index in [-0.39, 0.29) is 31.2 Å². The average molecular weight is 723 g/mol. The van der Waals surface area contributed by atoms with E-state index in [2.05, 4.69) is 39.8 Å². The molecule has 1 unspecified atom stereocenters. The van der Waals surface area contributed by atoms with Gasteiger partial charge in [0.25, 0.3) is 0 Å². The third-order valence-electron chi connectivity index (χ3n) is 7.96. The molecule has 14 heteroatoms. The van der Waals surface area contributed by atoms with Gasteiger partial charge in [-0.3, -0.25) is 15.1 Å². The molecule has 12 nitrogen and oxygen atoms in total. The van der Waals surface area contributed by atoms with E-state index in [4.69, 9.17) is 4.74 Å². The van der Waals surface area contributed by atoms with Gasteiger partial charge in [0.2, 0.25) is 0 Å². The second-order valence-corrected chi connectivity index (χ2v) is 14.4. The number of carboxylic acids is 1. The minimum absolute atomic E-state index is 0.119. The second-order valence-electron chi connectivity index (χ2n) is 12.5. The molecule has 4 atom stereocenters. The van der Waals surface area contributed by atoms with Gasteiger partial charge in [0.1, 0.15) is 12.8 Å². The highest BCUT2D eigenvalue weighted by Gasteiger charge is 2.28. The quantitative estimate of drug-likeness (QED) is 0.0781. The number of ether oxygens (including phenoxy) is 1. The van der Waals surface area contributed by atoms with Crippen molar-refractivity contribution in [2.75, 3.05) is 7.05 Å². The molecule has 0 spiro atoms.